The summed E-state index contributed by atoms with van der Waals surface area (Å²) in [5.41, 5.74) is 3.01. The van der Waals surface area contributed by atoms with Crippen LogP contribution < -0.4 is 10.0 Å². The van der Waals surface area contributed by atoms with Gasteiger partial charge in [0.1, 0.15) is 5.02 Å². The number of carbonyl (C=O) groups is 1. The number of aryl methyl sites for hydroxylation is 1. The molecule has 2 unspecified atom stereocenters. The molecule has 1 aliphatic rings. The van der Waals surface area contributed by atoms with Gasteiger partial charge in [0.05, 0.1) is 11.7 Å². The first-order chi connectivity index (χ1) is 15.3. The van der Waals surface area contributed by atoms with Crippen LogP contribution in [0.3, 0.4) is 0 Å². The van der Waals surface area contributed by atoms with Crippen molar-refractivity contribution in [2.45, 2.75) is 63.9 Å². The average Bonchev–Trinajstić information content (AvgIpc) is 2.95. The van der Waals surface area contributed by atoms with E-state index in [0.29, 0.717) is 16.4 Å². The molecule has 1 aromatic carbocycles. The molecule has 0 saturated carbocycles. The quantitative estimate of drug-likeness (QED) is 0.428. The number of hydrogen-bond acceptors (Lipinski definition) is 5. The molecule has 0 radical (unpaired) electrons. The zero-order valence-corrected chi connectivity index (χ0v) is 22.2. The molecule has 2 amide bonds. The standard InChI is InChI=1S/C22H32Cl2N6O2S/c1-12(2)16-10-15(23)11-17(13(3)4)19(16)26-22(31)28-33(25,32)21-18(24)20(29(6)27-21)14(5)30-8-7-9-30/h10-14H,7-9H2,1-6H3,(H3,25,26,28,31,32). The third-order valence-corrected chi connectivity index (χ3v) is 8.00. The predicted molar refractivity (Wildman–Crippen MR) is 134 cm³/mol. The highest BCUT2D eigenvalue weighted by Gasteiger charge is 2.31. The summed E-state index contributed by atoms with van der Waals surface area (Å²) in [6.07, 6.45) is 1.12. The van der Waals surface area contributed by atoms with Crippen LogP contribution in [-0.4, -0.2) is 38.0 Å². The summed E-state index contributed by atoms with van der Waals surface area (Å²) >= 11 is 12.8. The van der Waals surface area contributed by atoms with Gasteiger partial charge < -0.3 is 5.32 Å². The summed E-state index contributed by atoms with van der Waals surface area (Å²) in [7, 11) is -2.10. The fourth-order valence-electron chi connectivity index (χ4n) is 4.05. The Kier molecular flexibility index (Phi) is 7.68. The smallest absolute Gasteiger partial charge is 0.307 e. The minimum atomic E-state index is -3.80. The van der Waals surface area contributed by atoms with Crippen LogP contribution in [0.4, 0.5) is 10.5 Å². The summed E-state index contributed by atoms with van der Waals surface area (Å²) in [5, 5.41) is 7.63. The number of nitrogens with zero attached hydrogens (tertiary/aromatic N) is 3. The van der Waals surface area contributed by atoms with Gasteiger partial charge >= 0.3 is 6.03 Å². The molecule has 1 fully saturated rings. The molecule has 3 N–H and O–H groups in total. The zero-order chi connectivity index (χ0) is 24.7. The van der Waals surface area contributed by atoms with E-state index in [0.717, 1.165) is 30.6 Å². The van der Waals surface area contributed by atoms with Gasteiger partial charge in [0.2, 0.25) is 0 Å². The van der Waals surface area contributed by atoms with Crippen LogP contribution in [0.2, 0.25) is 10.0 Å². The maximum Gasteiger partial charge on any atom is 0.332 e. The first-order valence-corrected chi connectivity index (χ1v) is 13.3. The van der Waals surface area contributed by atoms with Gasteiger partial charge in [-0.2, -0.15) is 5.10 Å². The number of aromatic nitrogens is 2. The monoisotopic (exact) mass is 514 g/mol. The SMILES string of the molecule is CC(C)c1cc(Cl)cc(C(C)C)c1NC(=O)NS(=N)(=O)c1nn(C)c(C(C)N2CCC2)c1Cl. The average molecular weight is 516 g/mol. The molecule has 0 bridgehead atoms. The largest absolute Gasteiger partial charge is 0.332 e. The molecule has 0 spiro atoms. The van der Waals surface area contributed by atoms with Crippen molar-refractivity contribution in [2.24, 2.45) is 7.05 Å². The molecule has 2 atom stereocenters. The van der Waals surface area contributed by atoms with Gasteiger partial charge in [-0.3, -0.25) is 9.58 Å². The van der Waals surface area contributed by atoms with Crippen LogP contribution in [0.5, 0.6) is 0 Å². The second-order valence-corrected chi connectivity index (χ2v) is 11.6. The van der Waals surface area contributed by atoms with Crippen LogP contribution in [0.1, 0.15) is 75.7 Å². The lowest BCUT2D eigenvalue weighted by Gasteiger charge is -2.36. The van der Waals surface area contributed by atoms with Gasteiger partial charge in [0.15, 0.2) is 14.9 Å². The van der Waals surface area contributed by atoms with Gasteiger partial charge in [-0.1, -0.05) is 50.9 Å². The van der Waals surface area contributed by atoms with Gasteiger partial charge in [-0.15, -0.1) is 0 Å². The Morgan fingerprint density at radius 2 is 1.67 bits per heavy atom. The van der Waals surface area contributed by atoms with Crippen molar-refractivity contribution in [1.29, 1.82) is 4.78 Å². The number of halogens is 2. The van der Waals surface area contributed by atoms with Crippen molar-refractivity contribution in [1.82, 2.24) is 19.4 Å². The lowest BCUT2D eigenvalue weighted by Crippen LogP contribution is -2.39. The van der Waals surface area contributed by atoms with Crippen LogP contribution >= 0.6 is 23.2 Å². The first-order valence-electron chi connectivity index (χ1n) is 11.0. The molecular weight excluding hydrogens is 483 g/mol. The van der Waals surface area contributed by atoms with Gasteiger partial charge in [0, 0.05) is 30.8 Å². The van der Waals surface area contributed by atoms with E-state index in [1.807, 2.05) is 46.8 Å². The molecule has 8 nitrogen and oxygen atoms in total. The Hall–Kier alpha value is -1.81. The fraction of sp³-hybridized carbons (Fsp3) is 0.545. The van der Waals surface area contributed by atoms with E-state index in [9.17, 15) is 9.00 Å². The molecule has 182 valence electrons. The Labute approximate surface area is 206 Å². The summed E-state index contributed by atoms with van der Waals surface area (Å²) in [6, 6.07) is 2.83. The van der Waals surface area contributed by atoms with Crippen molar-refractivity contribution in [3.05, 3.63) is 39.0 Å². The highest BCUT2D eigenvalue weighted by molar-refractivity contribution is 7.91. The summed E-state index contributed by atoms with van der Waals surface area (Å²) in [5.74, 6) is 0.181. The molecule has 2 aromatic rings. The number of benzene rings is 1. The third-order valence-electron chi connectivity index (χ3n) is 5.99. The van der Waals surface area contributed by atoms with Crippen LogP contribution in [0.15, 0.2) is 17.2 Å². The second kappa shape index (κ2) is 9.82. The number of nitrogens with one attached hydrogen (secondary N) is 3. The van der Waals surface area contributed by atoms with E-state index >= 15 is 0 Å². The third kappa shape index (κ3) is 5.31. The molecule has 33 heavy (non-hydrogen) atoms. The molecule has 1 aromatic heterocycles. The number of anilines is 1. The minimum absolute atomic E-state index is 0.0298. The molecule has 3 rings (SSSR count). The number of amides is 2. The number of hydrogen-bond donors (Lipinski definition) is 3. The van der Waals surface area contributed by atoms with Gasteiger partial charge in [-0.25, -0.2) is 18.5 Å². The maximum atomic E-state index is 13.2. The second-order valence-electron chi connectivity index (χ2n) is 9.07. The first kappa shape index (κ1) is 25.8. The van der Waals surface area contributed by atoms with Gasteiger partial charge in [-0.05, 0) is 48.4 Å². The van der Waals surface area contributed by atoms with E-state index < -0.39 is 15.9 Å². The number of rotatable bonds is 7. The summed E-state index contributed by atoms with van der Waals surface area (Å²) in [4.78, 5) is 15.1. The lowest BCUT2D eigenvalue weighted by atomic mass is 9.92. The van der Waals surface area contributed by atoms with Crippen molar-refractivity contribution in [2.75, 3.05) is 18.4 Å². The molecule has 0 aliphatic carbocycles. The maximum absolute atomic E-state index is 13.2. The Balaban J connectivity index is 1.89. The van der Waals surface area contributed by atoms with Crippen molar-refractivity contribution in [3.8, 4) is 0 Å². The topological polar surface area (TPSA) is 103 Å². The normalized spacial score (nSPS) is 17.0. The van der Waals surface area contributed by atoms with Gasteiger partial charge in [0.25, 0.3) is 0 Å². The Morgan fingerprint density at radius 1 is 1.12 bits per heavy atom. The highest BCUT2D eigenvalue weighted by atomic mass is 35.5. The van der Waals surface area contributed by atoms with E-state index in [1.165, 1.54) is 0 Å². The highest BCUT2D eigenvalue weighted by Crippen LogP contribution is 2.36. The number of likely N-dealkylation sites (tertiary alicyclic amines) is 1. The Bertz CT molecular complexity index is 1130. The van der Waals surface area contributed by atoms with Crippen molar-refractivity contribution >= 4 is 44.8 Å². The molecule has 1 saturated heterocycles. The van der Waals surface area contributed by atoms with E-state index in [2.05, 4.69) is 20.0 Å². The van der Waals surface area contributed by atoms with Crippen molar-refractivity contribution in [3.63, 3.8) is 0 Å². The summed E-state index contributed by atoms with van der Waals surface area (Å²) in [6.45, 7) is 11.9. The van der Waals surface area contributed by atoms with E-state index in [4.69, 9.17) is 28.0 Å². The number of carbonyl (C=O) groups excluding carboxylic acids is 1. The van der Waals surface area contributed by atoms with Crippen LogP contribution in [0, 0.1) is 4.78 Å². The van der Waals surface area contributed by atoms with Crippen molar-refractivity contribution < 1.29 is 9.00 Å². The minimum Gasteiger partial charge on any atom is -0.307 e. The molecule has 1 aliphatic heterocycles. The molecular formula is C22H32Cl2N6O2S. The summed E-state index contributed by atoms with van der Waals surface area (Å²) < 4.78 is 25.5. The zero-order valence-electron chi connectivity index (χ0n) is 19.8. The lowest BCUT2D eigenvalue weighted by molar-refractivity contribution is 0.123. The Morgan fingerprint density at radius 3 is 2.12 bits per heavy atom. The van der Waals surface area contributed by atoms with Crippen LogP contribution in [-0.2, 0) is 17.0 Å². The van der Waals surface area contributed by atoms with Crippen LogP contribution in [0.25, 0.3) is 0 Å². The predicted octanol–water partition coefficient (Wildman–Crippen LogP) is 5.88. The molecule has 2 heterocycles. The molecule has 11 heteroatoms. The van der Waals surface area contributed by atoms with E-state index in [-0.39, 0.29) is 27.9 Å². The number of urea groups is 1. The van der Waals surface area contributed by atoms with E-state index in [1.54, 1.807) is 11.7 Å². The fourth-order valence-corrected chi connectivity index (χ4v) is 5.93.